The van der Waals surface area contributed by atoms with Crippen LogP contribution in [0.25, 0.3) is 0 Å². The molecule has 0 fully saturated rings. The number of rotatable bonds is 8. The van der Waals surface area contributed by atoms with Crippen molar-refractivity contribution in [2.75, 3.05) is 7.05 Å². The topological polar surface area (TPSA) is 49.4 Å². The summed E-state index contributed by atoms with van der Waals surface area (Å²) in [5.41, 5.74) is 2.06. The molecular weight excluding hydrogens is 348 g/mol. The SMILES string of the molecule is CC[C@@H](C(=O)NC)N(Cc1ccc(Cl)cc1)C(=O)CCc1ccccc1. The van der Waals surface area contributed by atoms with Gasteiger partial charge >= 0.3 is 0 Å². The van der Waals surface area contributed by atoms with E-state index in [0.717, 1.165) is 11.1 Å². The Morgan fingerprint density at radius 1 is 1.04 bits per heavy atom. The van der Waals surface area contributed by atoms with Crippen LogP contribution in [0.3, 0.4) is 0 Å². The molecule has 4 nitrogen and oxygen atoms in total. The Kier molecular flexibility index (Phi) is 7.67. The zero-order valence-electron chi connectivity index (χ0n) is 15.2. The second-order valence-corrected chi connectivity index (χ2v) is 6.61. The second-order valence-electron chi connectivity index (χ2n) is 6.17. The van der Waals surface area contributed by atoms with E-state index >= 15 is 0 Å². The van der Waals surface area contributed by atoms with Crippen LogP contribution in [0.15, 0.2) is 54.6 Å². The number of hydrogen-bond donors (Lipinski definition) is 1. The van der Waals surface area contributed by atoms with E-state index in [1.807, 2.05) is 49.4 Å². The number of benzene rings is 2. The highest BCUT2D eigenvalue weighted by molar-refractivity contribution is 6.30. The molecule has 26 heavy (non-hydrogen) atoms. The molecule has 2 aromatic rings. The first-order valence-electron chi connectivity index (χ1n) is 8.84. The lowest BCUT2D eigenvalue weighted by atomic mass is 10.1. The zero-order chi connectivity index (χ0) is 18.9. The minimum absolute atomic E-state index is 0.0285. The first-order chi connectivity index (χ1) is 12.5. The summed E-state index contributed by atoms with van der Waals surface area (Å²) in [4.78, 5) is 26.9. The molecule has 0 unspecified atom stereocenters. The van der Waals surface area contributed by atoms with Crippen molar-refractivity contribution in [3.05, 3.63) is 70.7 Å². The average Bonchev–Trinajstić information content (AvgIpc) is 2.68. The third-order valence-electron chi connectivity index (χ3n) is 4.37. The molecule has 5 heteroatoms. The molecule has 0 saturated heterocycles. The molecular formula is C21H25ClN2O2. The van der Waals surface area contributed by atoms with E-state index in [2.05, 4.69) is 5.32 Å². The predicted octanol–water partition coefficient (Wildman–Crippen LogP) is 3.83. The molecule has 1 atom stereocenters. The van der Waals surface area contributed by atoms with Crippen LogP contribution >= 0.6 is 11.6 Å². The Bertz CT molecular complexity index is 717. The minimum atomic E-state index is -0.487. The number of nitrogens with one attached hydrogen (secondary N) is 1. The van der Waals surface area contributed by atoms with Gasteiger partial charge in [-0.3, -0.25) is 9.59 Å². The highest BCUT2D eigenvalue weighted by atomic mass is 35.5. The van der Waals surface area contributed by atoms with Crippen molar-refractivity contribution < 1.29 is 9.59 Å². The number of carbonyl (C=O) groups excluding carboxylic acids is 2. The highest BCUT2D eigenvalue weighted by Crippen LogP contribution is 2.17. The van der Waals surface area contributed by atoms with Crippen LogP contribution in [0.1, 0.15) is 30.9 Å². The summed E-state index contributed by atoms with van der Waals surface area (Å²) in [5, 5.41) is 3.31. The predicted molar refractivity (Wildman–Crippen MR) is 105 cm³/mol. The molecule has 0 spiro atoms. The van der Waals surface area contributed by atoms with Crippen LogP contribution in [-0.4, -0.2) is 29.8 Å². The van der Waals surface area contributed by atoms with Crippen LogP contribution < -0.4 is 5.32 Å². The first kappa shape index (κ1) is 20.0. The van der Waals surface area contributed by atoms with E-state index in [1.54, 1.807) is 24.1 Å². The molecule has 0 aliphatic heterocycles. The fourth-order valence-corrected chi connectivity index (χ4v) is 3.04. The van der Waals surface area contributed by atoms with Crippen molar-refractivity contribution in [1.82, 2.24) is 10.2 Å². The number of carbonyl (C=O) groups is 2. The molecule has 0 saturated carbocycles. The second kappa shape index (κ2) is 9.97. The number of nitrogens with zero attached hydrogens (tertiary/aromatic N) is 1. The molecule has 0 aliphatic rings. The Labute approximate surface area is 160 Å². The molecule has 0 bridgehead atoms. The number of halogens is 1. The number of amides is 2. The maximum Gasteiger partial charge on any atom is 0.242 e. The van der Waals surface area contributed by atoms with Gasteiger partial charge in [0.25, 0.3) is 0 Å². The Hall–Kier alpha value is -2.33. The van der Waals surface area contributed by atoms with Gasteiger partial charge in [0.1, 0.15) is 6.04 Å². The van der Waals surface area contributed by atoms with Crippen LogP contribution in [0.5, 0.6) is 0 Å². The van der Waals surface area contributed by atoms with E-state index in [9.17, 15) is 9.59 Å². The highest BCUT2D eigenvalue weighted by Gasteiger charge is 2.27. The molecule has 2 amide bonds. The van der Waals surface area contributed by atoms with Gasteiger partial charge in [0.2, 0.25) is 11.8 Å². The third-order valence-corrected chi connectivity index (χ3v) is 4.62. The molecule has 138 valence electrons. The summed E-state index contributed by atoms with van der Waals surface area (Å²) in [6.07, 6.45) is 1.58. The molecule has 2 aromatic carbocycles. The zero-order valence-corrected chi connectivity index (χ0v) is 16.0. The van der Waals surface area contributed by atoms with Gasteiger partial charge < -0.3 is 10.2 Å². The van der Waals surface area contributed by atoms with Crippen molar-refractivity contribution in [3.63, 3.8) is 0 Å². The average molecular weight is 373 g/mol. The molecule has 1 N–H and O–H groups in total. The Morgan fingerprint density at radius 2 is 1.69 bits per heavy atom. The lowest BCUT2D eigenvalue weighted by Crippen LogP contribution is -2.48. The van der Waals surface area contributed by atoms with Gasteiger partial charge in [-0.25, -0.2) is 0 Å². The van der Waals surface area contributed by atoms with Crippen molar-refractivity contribution in [1.29, 1.82) is 0 Å². The lowest BCUT2D eigenvalue weighted by molar-refractivity contribution is -0.141. The van der Waals surface area contributed by atoms with Gasteiger partial charge in [0, 0.05) is 25.0 Å². The largest absolute Gasteiger partial charge is 0.357 e. The summed E-state index contributed by atoms with van der Waals surface area (Å²) in [7, 11) is 1.60. The molecule has 2 rings (SSSR count). The third kappa shape index (κ3) is 5.60. The fourth-order valence-electron chi connectivity index (χ4n) is 2.91. The van der Waals surface area contributed by atoms with E-state index < -0.39 is 6.04 Å². The van der Waals surface area contributed by atoms with E-state index in [0.29, 0.717) is 30.8 Å². The maximum absolute atomic E-state index is 12.9. The van der Waals surface area contributed by atoms with Crippen molar-refractivity contribution in [2.24, 2.45) is 0 Å². The van der Waals surface area contributed by atoms with E-state index in [4.69, 9.17) is 11.6 Å². The number of likely N-dealkylation sites (N-methyl/N-ethyl adjacent to an activating group) is 1. The smallest absolute Gasteiger partial charge is 0.242 e. The van der Waals surface area contributed by atoms with E-state index in [1.165, 1.54) is 0 Å². The quantitative estimate of drug-likeness (QED) is 0.765. The number of hydrogen-bond acceptors (Lipinski definition) is 2. The maximum atomic E-state index is 12.9. The summed E-state index contributed by atoms with van der Waals surface area (Å²) in [6.45, 7) is 2.30. The van der Waals surface area contributed by atoms with Crippen LogP contribution in [0, 0.1) is 0 Å². The van der Waals surface area contributed by atoms with Gasteiger partial charge in [0.15, 0.2) is 0 Å². The fraction of sp³-hybridized carbons (Fsp3) is 0.333. The lowest BCUT2D eigenvalue weighted by Gasteiger charge is -2.30. The normalized spacial score (nSPS) is 11.7. The Morgan fingerprint density at radius 3 is 2.27 bits per heavy atom. The van der Waals surface area contributed by atoms with Gasteiger partial charge in [-0.2, -0.15) is 0 Å². The number of aryl methyl sites for hydroxylation is 1. The minimum Gasteiger partial charge on any atom is -0.357 e. The van der Waals surface area contributed by atoms with Crippen molar-refractivity contribution in [3.8, 4) is 0 Å². The van der Waals surface area contributed by atoms with Gasteiger partial charge in [-0.05, 0) is 36.1 Å². The summed E-state index contributed by atoms with van der Waals surface area (Å²) in [6, 6.07) is 16.8. The summed E-state index contributed by atoms with van der Waals surface area (Å²) < 4.78 is 0. The van der Waals surface area contributed by atoms with Gasteiger partial charge in [-0.15, -0.1) is 0 Å². The van der Waals surface area contributed by atoms with Crippen LogP contribution in [0.2, 0.25) is 5.02 Å². The van der Waals surface area contributed by atoms with Gasteiger partial charge in [-0.1, -0.05) is 61.0 Å². The van der Waals surface area contributed by atoms with E-state index in [-0.39, 0.29) is 11.8 Å². The molecule has 0 aromatic heterocycles. The van der Waals surface area contributed by atoms with Crippen LogP contribution in [0.4, 0.5) is 0 Å². The van der Waals surface area contributed by atoms with Crippen molar-refractivity contribution in [2.45, 2.75) is 38.8 Å². The monoisotopic (exact) mass is 372 g/mol. The summed E-state index contributed by atoms with van der Waals surface area (Å²) >= 11 is 5.95. The Balaban J connectivity index is 2.16. The molecule has 0 aliphatic carbocycles. The molecule has 0 radical (unpaired) electrons. The van der Waals surface area contributed by atoms with Gasteiger partial charge in [0.05, 0.1) is 0 Å². The standard InChI is InChI=1S/C21H25ClN2O2/c1-3-19(21(26)23-2)24(15-17-9-12-18(22)13-10-17)20(25)14-11-16-7-5-4-6-8-16/h4-10,12-13,19H,3,11,14-15H2,1-2H3,(H,23,26)/t19-/m0/s1. The van der Waals surface area contributed by atoms with Crippen LogP contribution in [-0.2, 0) is 22.6 Å². The molecule has 0 heterocycles. The first-order valence-corrected chi connectivity index (χ1v) is 9.22. The van der Waals surface area contributed by atoms with Crippen molar-refractivity contribution >= 4 is 23.4 Å². The summed E-state index contributed by atoms with van der Waals surface area (Å²) in [5.74, 6) is -0.172.